The van der Waals surface area contributed by atoms with Gasteiger partial charge in [-0.1, -0.05) is 24.4 Å². The van der Waals surface area contributed by atoms with Crippen LogP contribution in [0, 0.1) is 12.7 Å². The molecule has 0 amide bonds. The maximum absolute atomic E-state index is 13.3. The standard InChI is InChI=1S/C23H21FN2O2S/c1-3-28-20-12-10-19(11-13-20)25-23(29)21(26-14-4-5-16(2)15-26)22(27)17-6-8-18(24)9-7-17/h4-15H,3H2,1-2H3,(H-,25,27,29). The number of anilines is 1. The first-order chi connectivity index (χ1) is 14.0. The Morgan fingerprint density at radius 1 is 1.10 bits per heavy atom. The number of thiocarbonyl (C=S) groups is 1. The van der Waals surface area contributed by atoms with Crippen molar-refractivity contribution in [2.24, 2.45) is 0 Å². The number of hydrogen-bond donors (Lipinski definition) is 1. The zero-order valence-electron chi connectivity index (χ0n) is 16.2. The van der Waals surface area contributed by atoms with E-state index >= 15 is 0 Å². The summed E-state index contributed by atoms with van der Waals surface area (Å²) < 4.78 is 20.4. The van der Waals surface area contributed by atoms with Crippen LogP contribution in [0.4, 0.5) is 10.1 Å². The van der Waals surface area contributed by atoms with Crippen LogP contribution in [0.1, 0.15) is 18.1 Å². The van der Waals surface area contributed by atoms with Gasteiger partial charge >= 0.3 is 0 Å². The maximum Gasteiger partial charge on any atom is 0.238 e. The molecule has 29 heavy (non-hydrogen) atoms. The summed E-state index contributed by atoms with van der Waals surface area (Å²) in [6, 6.07) is 16.5. The van der Waals surface area contributed by atoms with Crippen LogP contribution in [-0.2, 0) is 0 Å². The van der Waals surface area contributed by atoms with Crippen LogP contribution < -0.4 is 19.7 Å². The molecule has 0 atom stereocenters. The summed E-state index contributed by atoms with van der Waals surface area (Å²) in [7, 11) is 0. The molecular weight excluding hydrogens is 387 g/mol. The highest BCUT2D eigenvalue weighted by Gasteiger charge is 2.19. The second kappa shape index (κ2) is 9.30. The van der Waals surface area contributed by atoms with Crippen molar-refractivity contribution in [3.63, 3.8) is 0 Å². The van der Waals surface area contributed by atoms with Crippen LogP contribution in [0.15, 0.2) is 73.1 Å². The maximum atomic E-state index is 13.3. The van der Waals surface area contributed by atoms with Crippen molar-refractivity contribution in [2.75, 3.05) is 11.9 Å². The Balaban J connectivity index is 1.99. The number of ether oxygens (including phenoxy) is 1. The molecule has 3 rings (SSSR count). The molecule has 3 aromatic rings. The second-order valence-corrected chi connectivity index (χ2v) is 6.79. The first-order valence-electron chi connectivity index (χ1n) is 9.17. The topological polar surface area (TPSA) is 48.2 Å². The van der Waals surface area contributed by atoms with Crippen LogP contribution >= 0.6 is 12.2 Å². The molecule has 0 aliphatic carbocycles. The van der Waals surface area contributed by atoms with E-state index in [1.54, 1.807) is 10.8 Å². The van der Waals surface area contributed by atoms with Crippen molar-refractivity contribution >= 4 is 34.3 Å². The van der Waals surface area contributed by atoms with Crippen molar-refractivity contribution in [3.05, 3.63) is 90.0 Å². The molecule has 0 bridgehead atoms. The van der Waals surface area contributed by atoms with Crippen molar-refractivity contribution in [1.29, 1.82) is 0 Å². The molecule has 0 radical (unpaired) electrons. The van der Waals surface area contributed by atoms with Gasteiger partial charge in [0, 0.05) is 17.3 Å². The van der Waals surface area contributed by atoms with Gasteiger partial charge in [0.05, 0.1) is 6.61 Å². The van der Waals surface area contributed by atoms with E-state index in [2.05, 4.69) is 5.32 Å². The summed E-state index contributed by atoms with van der Waals surface area (Å²) in [4.78, 5) is 0.263. The molecule has 148 valence electrons. The molecule has 0 spiro atoms. The summed E-state index contributed by atoms with van der Waals surface area (Å²) in [5.41, 5.74) is 2.34. The van der Waals surface area contributed by atoms with Gasteiger partial charge in [-0.05, 0) is 67.6 Å². The molecule has 0 fully saturated rings. The van der Waals surface area contributed by atoms with E-state index in [0.717, 1.165) is 17.0 Å². The lowest BCUT2D eigenvalue weighted by Gasteiger charge is -2.17. The van der Waals surface area contributed by atoms with E-state index in [9.17, 15) is 9.50 Å². The summed E-state index contributed by atoms with van der Waals surface area (Å²) in [5.74, 6) is 0.0500. The number of nitrogens with zero attached hydrogens (tertiary/aromatic N) is 1. The molecule has 6 heteroatoms. The summed E-state index contributed by atoms with van der Waals surface area (Å²) in [5, 5.41) is 16.3. The molecule has 1 N–H and O–H groups in total. The van der Waals surface area contributed by atoms with Crippen LogP contribution in [0.2, 0.25) is 0 Å². The molecule has 1 aromatic heterocycles. The van der Waals surface area contributed by atoms with Gasteiger partial charge < -0.3 is 15.2 Å². The van der Waals surface area contributed by atoms with Gasteiger partial charge in [-0.25, -0.2) is 4.39 Å². The molecule has 0 unspecified atom stereocenters. The molecule has 2 aromatic carbocycles. The van der Waals surface area contributed by atoms with E-state index in [1.165, 1.54) is 24.3 Å². The highest BCUT2D eigenvalue weighted by molar-refractivity contribution is 7.81. The predicted octanol–water partition coefficient (Wildman–Crippen LogP) is 3.95. The van der Waals surface area contributed by atoms with E-state index in [4.69, 9.17) is 17.0 Å². The Kier molecular flexibility index (Phi) is 6.57. The Morgan fingerprint density at radius 3 is 2.41 bits per heavy atom. The number of aryl methyl sites for hydroxylation is 1. The normalized spacial score (nSPS) is 11.6. The second-order valence-electron chi connectivity index (χ2n) is 6.38. The summed E-state index contributed by atoms with van der Waals surface area (Å²) in [6.07, 6.45) is 3.58. The smallest absolute Gasteiger partial charge is 0.238 e. The van der Waals surface area contributed by atoms with Gasteiger partial charge in [0.1, 0.15) is 11.6 Å². The van der Waals surface area contributed by atoms with Crippen LogP contribution in [0.5, 0.6) is 5.75 Å². The lowest BCUT2D eigenvalue weighted by molar-refractivity contribution is -0.578. The number of aromatic nitrogens is 1. The number of halogens is 1. The molecule has 0 aliphatic rings. The quantitative estimate of drug-likeness (QED) is 0.290. The van der Waals surface area contributed by atoms with Crippen LogP contribution in [0.3, 0.4) is 0 Å². The lowest BCUT2D eigenvalue weighted by atomic mass is 10.1. The van der Waals surface area contributed by atoms with Gasteiger partial charge in [0.25, 0.3) is 0 Å². The highest BCUT2D eigenvalue weighted by Crippen LogP contribution is 2.20. The molecule has 1 heterocycles. The zero-order chi connectivity index (χ0) is 20.8. The molecular formula is C23H21FN2O2S. The fraction of sp³-hybridized carbons (Fsp3) is 0.130. The fourth-order valence-electron chi connectivity index (χ4n) is 2.80. The minimum absolute atomic E-state index is 0.263. The van der Waals surface area contributed by atoms with E-state index < -0.39 is 5.82 Å². The first-order valence-corrected chi connectivity index (χ1v) is 9.58. The minimum atomic E-state index is -0.401. The van der Waals surface area contributed by atoms with Crippen molar-refractivity contribution in [1.82, 2.24) is 0 Å². The van der Waals surface area contributed by atoms with Crippen LogP contribution in [0.25, 0.3) is 11.5 Å². The third-order valence-electron chi connectivity index (χ3n) is 4.17. The number of hydrogen-bond acceptors (Lipinski definition) is 3. The number of benzene rings is 2. The molecule has 0 saturated heterocycles. The molecule has 0 saturated carbocycles. The lowest BCUT2D eigenvalue weighted by Crippen LogP contribution is -2.40. The van der Waals surface area contributed by atoms with Gasteiger partial charge in [0.15, 0.2) is 17.4 Å². The van der Waals surface area contributed by atoms with E-state index in [0.29, 0.717) is 12.2 Å². The van der Waals surface area contributed by atoms with Crippen molar-refractivity contribution in [2.45, 2.75) is 13.8 Å². The summed E-state index contributed by atoms with van der Waals surface area (Å²) in [6.45, 7) is 4.43. The average Bonchev–Trinajstić information content (AvgIpc) is 2.70. The monoisotopic (exact) mass is 408 g/mol. The summed E-state index contributed by atoms with van der Waals surface area (Å²) >= 11 is 5.57. The third-order valence-corrected chi connectivity index (χ3v) is 4.46. The fourth-order valence-corrected chi connectivity index (χ4v) is 3.12. The largest absolute Gasteiger partial charge is 0.867 e. The number of rotatable bonds is 6. The van der Waals surface area contributed by atoms with Gasteiger partial charge in [0.2, 0.25) is 5.70 Å². The average molecular weight is 408 g/mol. The van der Waals surface area contributed by atoms with Crippen molar-refractivity contribution < 1.29 is 18.8 Å². The number of nitrogens with one attached hydrogen (secondary N) is 1. The van der Waals surface area contributed by atoms with E-state index in [1.807, 2.05) is 56.4 Å². The molecule has 0 aliphatic heterocycles. The first kappa shape index (κ1) is 20.5. The Hall–Kier alpha value is -3.25. The van der Waals surface area contributed by atoms with Crippen molar-refractivity contribution in [3.8, 4) is 5.75 Å². The Morgan fingerprint density at radius 2 is 1.79 bits per heavy atom. The Labute approximate surface area is 174 Å². The van der Waals surface area contributed by atoms with Gasteiger partial charge in [-0.2, -0.15) is 4.57 Å². The Bertz CT molecular complexity index is 1030. The number of pyridine rings is 1. The van der Waals surface area contributed by atoms with Crippen LogP contribution in [-0.4, -0.2) is 11.6 Å². The van der Waals surface area contributed by atoms with Gasteiger partial charge in [-0.15, -0.1) is 0 Å². The molecule has 4 nitrogen and oxygen atoms in total. The minimum Gasteiger partial charge on any atom is -0.867 e. The third kappa shape index (κ3) is 5.18. The van der Waals surface area contributed by atoms with Gasteiger partial charge in [-0.3, -0.25) is 0 Å². The SMILES string of the molecule is CCOc1ccc(NC(=S)/C(=C(\[O-])c2ccc(F)cc2)[n+]2cccc(C)c2)cc1. The highest BCUT2D eigenvalue weighted by atomic mass is 32.1. The zero-order valence-corrected chi connectivity index (χ0v) is 17.0. The van der Waals surface area contributed by atoms with E-state index in [-0.39, 0.29) is 16.4 Å². The predicted molar refractivity (Wildman–Crippen MR) is 115 cm³/mol.